The highest BCUT2D eigenvalue weighted by molar-refractivity contribution is 5.29. The number of allylic oxidation sites excluding steroid dienone is 2. The first-order valence-corrected chi connectivity index (χ1v) is 5.29. The summed E-state index contributed by atoms with van der Waals surface area (Å²) in [7, 11) is 0. The standard InChI is InChI=1S/C11H16N2/c12-9-10-5-1-2-6-11(10)13-7-3-4-8-13/h1-8H2. The Hall–Kier alpha value is -0.970. The van der Waals surface area contributed by atoms with E-state index in [9.17, 15) is 0 Å². The van der Waals surface area contributed by atoms with Crippen LogP contribution in [0.15, 0.2) is 11.3 Å². The van der Waals surface area contributed by atoms with Gasteiger partial charge in [-0.3, -0.25) is 0 Å². The van der Waals surface area contributed by atoms with Crippen molar-refractivity contribution in [2.24, 2.45) is 0 Å². The fourth-order valence-electron chi connectivity index (χ4n) is 2.35. The van der Waals surface area contributed by atoms with Crippen LogP contribution in [0.3, 0.4) is 0 Å². The highest BCUT2D eigenvalue weighted by Crippen LogP contribution is 2.29. The summed E-state index contributed by atoms with van der Waals surface area (Å²) in [4.78, 5) is 2.43. The lowest BCUT2D eigenvalue weighted by molar-refractivity contribution is 0.388. The van der Waals surface area contributed by atoms with Gasteiger partial charge in [-0.2, -0.15) is 5.26 Å². The minimum atomic E-state index is 1.02. The van der Waals surface area contributed by atoms with Gasteiger partial charge in [0.15, 0.2) is 0 Å². The zero-order valence-corrected chi connectivity index (χ0v) is 8.05. The monoisotopic (exact) mass is 176 g/mol. The molecule has 0 saturated carbocycles. The van der Waals surface area contributed by atoms with Crippen LogP contribution in [0.25, 0.3) is 0 Å². The van der Waals surface area contributed by atoms with Crippen LogP contribution in [-0.2, 0) is 0 Å². The number of rotatable bonds is 1. The van der Waals surface area contributed by atoms with E-state index in [0.29, 0.717) is 0 Å². The molecule has 0 radical (unpaired) electrons. The maximum Gasteiger partial charge on any atom is 0.0965 e. The molecular formula is C11H16N2. The number of hydrogen-bond acceptors (Lipinski definition) is 2. The van der Waals surface area contributed by atoms with Gasteiger partial charge in [0.2, 0.25) is 0 Å². The largest absolute Gasteiger partial charge is 0.374 e. The van der Waals surface area contributed by atoms with Gasteiger partial charge < -0.3 is 4.90 Å². The molecule has 1 heterocycles. The molecule has 0 aromatic rings. The third-order valence-corrected chi connectivity index (χ3v) is 3.06. The summed E-state index contributed by atoms with van der Waals surface area (Å²) < 4.78 is 0. The van der Waals surface area contributed by atoms with Gasteiger partial charge in [0.25, 0.3) is 0 Å². The minimum Gasteiger partial charge on any atom is -0.374 e. The van der Waals surface area contributed by atoms with Gasteiger partial charge in [-0.25, -0.2) is 0 Å². The van der Waals surface area contributed by atoms with Crippen LogP contribution in [0, 0.1) is 11.3 Å². The van der Waals surface area contributed by atoms with Gasteiger partial charge in [0.05, 0.1) is 6.07 Å². The Morgan fingerprint density at radius 1 is 1.00 bits per heavy atom. The van der Waals surface area contributed by atoms with E-state index in [0.717, 1.165) is 18.4 Å². The molecule has 0 amide bonds. The van der Waals surface area contributed by atoms with Crippen LogP contribution < -0.4 is 0 Å². The van der Waals surface area contributed by atoms with Crippen molar-refractivity contribution >= 4 is 0 Å². The van der Waals surface area contributed by atoms with Gasteiger partial charge in [-0.15, -0.1) is 0 Å². The zero-order valence-electron chi connectivity index (χ0n) is 8.05. The number of hydrogen-bond donors (Lipinski definition) is 0. The van der Waals surface area contributed by atoms with Crippen molar-refractivity contribution < 1.29 is 0 Å². The lowest BCUT2D eigenvalue weighted by Gasteiger charge is -2.26. The fraction of sp³-hybridized carbons (Fsp3) is 0.727. The predicted molar refractivity (Wildman–Crippen MR) is 51.9 cm³/mol. The Balaban J connectivity index is 2.17. The molecule has 0 bridgehead atoms. The highest BCUT2D eigenvalue weighted by Gasteiger charge is 2.20. The summed E-state index contributed by atoms with van der Waals surface area (Å²) in [6, 6.07) is 2.37. The molecule has 2 nitrogen and oxygen atoms in total. The maximum atomic E-state index is 8.99. The molecule has 1 fully saturated rings. The normalized spacial score (nSPS) is 23.5. The molecule has 13 heavy (non-hydrogen) atoms. The molecular weight excluding hydrogens is 160 g/mol. The van der Waals surface area contributed by atoms with Crippen LogP contribution in [0.4, 0.5) is 0 Å². The molecule has 2 heteroatoms. The average molecular weight is 176 g/mol. The van der Waals surface area contributed by atoms with E-state index in [2.05, 4.69) is 11.0 Å². The second kappa shape index (κ2) is 3.83. The molecule has 0 spiro atoms. The fourth-order valence-corrected chi connectivity index (χ4v) is 2.35. The van der Waals surface area contributed by atoms with Gasteiger partial charge >= 0.3 is 0 Å². The quantitative estimate of drug-likeness (QED) is 0.613. The third-order valence-electron chi connectivity index (χ3n) is 3.06. The maximum absolute atomic E-state index is 8.99. The van der Waals surface area contributed by atoms with E-state index in [1.165, 1.54) is 44.5 Å². The molecule has 1 aliphatic heterocycles. The Kier molecular flexibility index (Phi) is 2.54. The first-order chi connectivity index (χ1) is 6.42. The molecule has 70 valence electrons. The SMILES string of the molecule is N#CC1=C(N2CCCC2)CCCC1. The molecule has 1 aliphatic carbocycles. The summed E-state index contributed by atoms with van der Waals surface area (Å²) in [5, 5.41) is 8.99. The lowest BCUT2D eigenvalue weighted by atomic mass is 9.96. The van der Waals surface area contributed by atoms with E-state index in [1.54, 1.807) is 0 Å². The molecule has 0 unspecified atom stereocenters. The number of likely N-dealkylation sites (tertiary alicyclic amines) is 1. The molecule has 0 atom stereocenters. The highest BCUT2D eigenvalue weighted by atomic mass is 15.1. The molecule has 2 rings (SSSR count). The second-order valence-electron chi connectivity index (χ2n) is 3.94. The van der Waals surface area contributed by atoms with Crippen molar-refractivity contribution in [3.05, 3.63) is 11.3 Å². The summed E-state index contributed by atoms with van der Waals surface area (Å²) in [6.45, 7) is 2.36. The lowest BCUT2D eigenvalue weighted by Crippen LogP contribution is -2.21. The Morgan fingerprint density at radius 3 is 2.38 bits per heavy atom. The first-order valence-electron chi connectivity index (χ1n) is 5.29. The molecule has 1 saturated heterocycles. The predicted octanol–water partition coefficient (Wildman–Crippen LogP) is 2.43. The molecule has 2 aliphatic rings. The van der Waals surface area contributed by atoms with E-state index in [4.69, 9.17) is 5.26 Å². The van der Waals surface area contributed by atoms with Crippen molar-refractivity contribution in [2.75, 3.05) is 13.1 Å². The van der Waals surface area contributed by atoms with Crippen molar-refractivity contribution in [3.8, 4) is 6.07 Å². The van der Waals surface area contributed by atoms with Gasteiger partial charge in [-0.1, -0.05) is 0 Å². The summed E-state index contributed by atoms with van der Waals surface area (Å²) in [6.07, 6.45) is 7.26. The van der Waals surface area contributed by atoms with Gasteiger partial charge in [-0.05, 0) is 38.5 Å². The van der Waals surface area contributed by atoms with E-state index in [1.807, 2.05) is 0 Å². The average Bonchev–Trinajstić information content (AvgIpc) is 2.70. The van der Waals surface area contributed by atoms with Crippen molar-refractivity contribution in [3.63, 3.8) is 0 Å². The van der Waals surface area contributed by atoms with Crippen LogP contribution >= 0.6 is 0 Å². The van der Waals surface area contributed by atoms with Crippen LogP contribution in [0.5, 0.6) is 0 Å². The Bertz CT molecular complexity index is 254. The second-order valence-corrected chi connectivity index (χ2v) is 3.94. The minimum absolute atomic E-state index is 1.02. The number of nitrogens with zero attached hydrogens (tertiary/aromatic N) is 2. The van der Waals surface area contributed by atoms with Crippen molar-refractivity contribution in [1.29, 1.82) is 5.26 Å². The van der Waals surface area contributed by atoms with Crippen LogP contribution in [0.1, 0.15) is 38.5 Å². The van der Waals surface area contributed by atoms with E-state index >= 15 is 0 Å². The Morgan fingerprint density at radius 2 is 1.69 bits per heavy atom. The van der Waals surface area contributed by atoms with E-state index < -0.39 is 0 Å². The van der Waals surface area contributed by atoms with Crippen LogP contribution in [-0.4, -0.2) is 18.0 Å². The van der Waals surface area contributed by atoms with Gasteiger partial charge in [0.1, 0.15) is 0 Å². The van der Waals surface area contributed by atoms with Crippen LogP contribution in [0.2, 0.25) is 0 Å². The Labute approximate surface area is 79.8 Å². The number of nitriles is 1. The smallest absolute Gasteiger partial charge is 0.0965 e. The van der Waals surface area contributed by atoms with E-state index in [-0.39, 0.29) is 0 Å². The first kappa shape index (κ1) is 8.62. The topological polar surface area (TPSA) is 27.0 Å². The van der Waals surface area contributed by atoms with Crippen molar-refractivity contribution in [2.45, 2.75) is 38.5 Å². The molecule has 0 aromatic heterocycles. The van der Waals surface area contributed by atoms with Crippen molar-refractivity contribution in [1.82, 2.24) is 4.90 Å². The zero-order chi connectivity index (χ0) is 9.10. The summed E-state index contributed by atoms with van der Waals surface area (Å²) in [5.74, 6) is 0. The summed E-state index contributed by atoms with van der Waals surface area (Å²) >= 11 is 0. The molecule has 0 aromatic carbocycles. The summed E-state index contributed by atoms with van der Waals surface area (Å²) in [5.41, 5.74) is 2.43. The molecule has 0 N–H and O–H groups in total. The third kappa shape index (κ3) is 1.70. The van der Waals surface area contributed by atoms with Gasteiger partial charge in [0, 0.05) is 24.4 Å².